The molecule has 152 valence electrons. The van der Waals surface area contributed by atoms with Gasteiger partial charge in [-0.15, -0.1) is 0 Å². The minimum Gasteiger partial charge on any atom is -0.496 e. The van der Waals surface area contributed by atoms with Crippen molar-refractivity contribution in [3.8, 4) is 22.8 Å². The van der Waals surface area contributed by atoms with Crippen LogP contribution in [0.3, 0.4) is 0 Å². The van der Waals surface area contributed by atoms with Gasteiger partial charge in [-0.3, -0.25) is 9.20 Å². The predicted molar refractivity (Wildman–Crippen MR) is 115 cm³/mol. The van der Waals surface area contributed by atoms with Crippen LogP contribution in [0.1, 0.15) is 11.1 Å². The molecule has 0 aliphatic rings. The summed E-state index contributed by atoms with van der Waals surface area (Å²) in [5.41, 5.74) is 4.11. The molecule has 1 amide bonds. The van der Waals surface area contributed by atoms with Crippen molar-refractivity contribution in [2.45, 2.75) is 13.3 Å². The van der Waals surface area contributed by atoms with Crippen molar-refractivity contribution in [1.82, 2.24) is 14.4 Å². The molecular weight excluding hydrogens is 380 g/mol. The second-order valence-corrected chi connectivity index (χ2v) is 6.90. The van der Waals surface area contributed by atoms with Gasteiger partial charge in [-0.1, -0.05) is 12.1 Å². The molecule has 0 saturated carbocycles. The fraction of sp³-hybridized carbons (Fsp3) is 0.174. The first kappa shape index (κ1) is 19.4. The van der Waals surface area contributed by atoms with Crippen LogP contribution in [0.2, 0.25) is 0 Å². The van der Waals surface area contributed by atoms with Crippen LogP contribution < -0.4 is 14.8 Å². The lowest BCUT2D eigenvalue weighted by atomic mass is 10.1. The molecule has 2 aromatic carbocycles. The minimum atomic E-state index is -0.133. The zero-order valence-corrected chi connectivity index (χ0v) is 17.0. The van der Waals surface area contributed by atoms with E-state index in [2.05, 4.69) is 15.3 Å². The third kappa shape index (κ3) is 3.96. The number of hydrogen-bond acceptors (Lipinski definition) is 5. The Morgan fingerprint density at radius 2 is 1.90 bits per heavy atom. The molecule has 7 nitrogen and oxygen atoms in total. The largest absolute Gasteiger partial charge is 0.496 e. The van der Waals surface area contributed by atoms with Gasteiger partial charge in [0, 0.05) is 24.2 Å². The molecule has 7 heteroatoms. The molecule has 2 aromatic heterocycles. The van der Waals surface area contributed by atoms with Crippen LogP contribution in [-0.4, -0.2) is 34.5 Å². The third-order valence-electron chi connectivity index (χ3n) is 4.83. The van der Waals surface area contributed by atoms with Crippen molar-refractivity contribution < 1.29 is 14.3 Å². The Bertz CT molecular complexity index is 1180. The summed E-state index contributed by atoms with van der Waals surface area (Å²) in [6.07, 6.45) is 5.74. The summed E-state index contributed by atoms with van der Waals surface area (Å²) >= 11 is 0. The molecule has 0 spiro atoms. The van der Waals surface area contributed by atoms with Crippen LogP contribution in [0.15, 0.2) is 61.1 Å². The van der Waals surface area contributed by atoms with Crippen LogP contribution in [-0.2, 0) is 11.2 Å². The topological polar surface area (TPSA) is 77.8 Å². The number of aromatic nitrogens is 3. The van der Waals surface area contributed by atoms with Crippen molar-refractivity contribution in [3.63, 3.8) is 0 Å². The number of rotatable bonds is 6. The highest BCUT2D eigenvalue weighted by Gasteiger charge is 2.13. The van der Waals surface area contributed by atoms with Gasteiger partial charge in [0.2, 0.25) is 11.7 Å². The molecule has 0 atom stereocenters. The number of hydrogen-bond donors (Lipinski definition) is 1. The van der Waals surface area contributed by atoms with E-state index in [1.54, 1.807) is 20.4 Å². The van der Waals surface area contributed by atoms with Gasteiger partial charge in [0.25, 0.3) is 0 Å². The van der Waals surface area contributed by atoms with Crippen molar-refractivity contribution in [3.05, 3.63) is 72.2 Å². The van der Waals surface area contributed by atoms with E-state index in [0.717, 1.165) is 28.1 Å². The number of anilines is 1. The molecule has 0 bridgehead atoms. The SMILES string of the molecule is COc1ccc(CC(=O)Nc2cc(-c3cn4cccnc4n3)ccc2OC)cc1C. The van der Waals surface area contributed by atoms with Gasteiger partial charge in [0.05, 0.1) is 32.0 Å². The van der Waals surface area contributed by atoms with E-state index in [1.807, 2.05) is 66.2 Å². The summed E-state index contributed by atoms with van der Waals surface area (Å²) in [4.78, 5) is 21.5. The lowest BCUT2D eigenvalue weighted by Gasteiger charge is -2.12. The summed E-state index contributed by atoms with van der Waals surface area (Å²) in [6, 6.07) is 13.1. The molecule has 0 saturated heterocycles. The summed E-state index contributed by atoms with van der Waals surface area (Å²) in [7, 11) is 3.21. The fourth-order valence-electron chi connectivity index (χ4n) is 3.36. The molecule has 30 heavy (non-hydrogen) atoms. The summed E-state index contributed by atoms with van der Waals surface area (Å²) in [5.74, 6) is 1.87. The molecule has 4 aromatic rings. The first-order valence-corrected chi connectivity index (χ1v) is 9.49. The summed E-state index contributed by atoms with van der Waals surface area (Å²) in [6.45, 7) is 1.95. The monoisotopic (exact) mass is 402 g/mol. The Morgan fingerprint density at radius 1 is 1.10 bits per heavy atom. The Morgan fingerprint density at radius 3 is 2.63 bits per heavy atom. The normalized spacial score (nSPS) is 10.8. The van der Waals surface area contributed by atoms with Crippen LogP contribution in [0.25, 0.3) is 17.0 Å². The molecule has 1 N–H and O–H groups in total. The molecule has 0 unspecified atom stereocenters. The van der Waals surface area contributed by atoms with Gasteiger partial charge < -0.3 is 14.8 Å². The van der Waals surface area contributed by atoms with Gasteiger partial charge in [-0.2, -0.15) is 0 Å². The zero-order chi connectivity index (χ0) is 21.1. The van der Waals surface area contributed by atoms with E-state index >= 15 is 0 Å². The van der Waals surface area contributed by atoms with Gasteiger partial charge in [-0.05, 0) is 48.4 Å². The number of amides is 1. The zero-order valence-electron chi connectivity index (χ0n) is 17.0. The van der Waals surface area contributed by atoms with Gasteiger partial charge in [-0.25, -0.2) is 9.97 Å². The predicted octanol–water partition coefficient (Wildman–Crippen LogP) is 3.90. The van der Waals surface area contributed by atoms with Crippen molar-refractivity contribution in [1.29, 1.82) is 0 Å². The Kier molecular flexibility index (Phi) is 5.34. The van der Waals surface area contributed by atoms with E-state index in [-0.39, 0.29) is 12.3 Å². The van der Waals surface area contributed by atoms with E-state index in [0.29, 0.717) is 17.2 Å². The molecule has 2 heterocycles. The lowest BCUT2D eigenvalue weighted by molar-refractivity contribution is -0.115. The van der Waals surface area contributed by atoms with Crippen LogP contribution >= 0.6 is 0 Å². The van der Waals surface area contributed by atoms with E-state index in [1.165, 1.54) is 0 Å². The second kappa shape index (κ2) is 8.24. The number of imidazole rings is 1. The highest BCUT2D eigenvalue weighted by molar-refractivity contribution is 5.94. The highest BCUT2D eigenvalue weighted by atomic mass is 16.5. The molecule has 0 aliphatic carbocycles. The van der Waals surface area contributed by atoms with Crippen molar-refractivity contribution in [2.24, 2.45) is 0 Å². The Labute approximate surface area is 174 Å². The van der Waals surface area contributed by atoms with E-state index in [4.69, 9.17) is 9.47 Å². The Balaban J connectivity index is 1.57. The first-order valence-electron chi connectivity index (χ1n) is 9.49. The molecule has 4 rings (SSSR count). The number of carbonyl (C=O) groups is 1. The van der Waals surface area contributed by atoms with Crippen LogP contribution in [0, 0.1) is 6.92 Å². The minimum absolute atomic E-state index is 0.133. The van der Waals surface area contributed by atoms with E-state index in [9.17, 15) is 4.79 Å². The van der Waals surface area contributed by atoms with Crippen LogP contribution in [0.4, 0.5) is 5.69 Å². The van der Waals surface area contributed by atoms with E-state index < -0.39 is 0 Å². The maximum Gasteiger partial charge on any atom is 0.234 e. The van der Waals surface area contributed by atoms with Crippen LogP contribution in [0.5, 0.6) is 11.5 Å². The quantitative estimate of drug-likeness (QED) is 0.529. The second-order valence-electron chi connectivity index (χ2n) is 6.90. The maximum absolute atomic E-state index is 12.7. The average molecular weight is 402 g/mol. The molecule has 0 aliphatic heterocycles. The van der Waals surface area contributed by atoms with Gasteiger partial charge in [0.15, 0.2) is 0 Å². The summed E-state index contributed by atoms with van der Waals surface area (Å²) in [5, 5.41) is 2.96. The van der Waals surface area contributed by atoms with Crippen molar-refractivity contribution >= 4 is 17.4 Å². The number of methoxy groups -OCH3 is 2. The molecule has 0 radical (unpaired) electrons. The standard InChI is InChI=1S/C23H22N4O3/c1-15-11-16(5-7-20(15)29-2)12-22(28)25-18-13-17(6-8-21(18)30-3)19-14-27-10-4-9-24-23(27)26-19/h4-11,13-14H,12H2,1-3H3,(H,25,28). The first-order chi connectivity index (χ1) is 14.6. The molecular formula is C23H22N4O3. The smallest absolute Gasteiger partial charge is 0.234 e. The number of benzene rings is 2. The van der Waals surface area contributed by atoms with Gasteiger partial charge in [0.1, 0.15) is 11.5 Å². The third-order valence-corrected chi connectivity index (χ3v) is 4.83. The number of carbonyl (C=O) groups excluding carboxylic acids is 1. The lowest BCUT2D eigenvalue weighted by Crippen LogP contribution is -2.15. The van der Waals surface area contributed by atoms with Gasteiger partial charge >= 0.3 is 0 Å². The summed E-state index contributed by atoms with van der Waals surface area (Å²) < 4.78 is 12.6. The number of nitrogens with zero attached hydrogens (tertiary/aromatic N) is 3. The number of aryl methyl sites for hydroxylation is 1. The Hall–Kier alpha value is -3.87. The highest BCUT2D eigenvalue weighted by Crippen LogP contribution is 2.30. The molecule has 0 fully saturated rings. The number of nitrogens with one attached hydrogen (secondary N) is 1. The maximum atomic E-state index is 12.7. The fourth-order valence-corrected chi connectivity index (χ4v) is 3.36. The number of ether oxygens (including phenoxy) is 2. The number of fused-ring (bicyclic) bond motifs is 1. The average Bonchev–Trinajstić information content (AvgIpc) is 3.18. The van der Waals surface area contributed by atoms with Crippen molar-refractivity contribution in [2.75, 3.05) is 19.5 Å².